The summed E-state index contributed by atoms with van der Waals surface area (Å²) in [6, 6.07) is 9.05. The molecule has 0 saturated heterocycles. The third kappa shape index (κ3) is 3.61. The number of unbranched alkanes of at least 4 members (excludes halogenated alkanes) is 1. The molecule has 5 heteroatoms. The first-order chi connectivity index (χ1) is 12.2. The number of carbonyl (C=O) groups excluding carboxylic acids is 1. The van der Waals surface area contributed by atoms with Crippen LogP contribution in [0.25, 0.3) is 0 Å². The molecular weight excluding hydrogens is 318 g/mol. The highest BCUT2D eigenvalue weighted by Gasteiger charge is 2.48. The van der Waals surface area contributed by atoms with Gasteiger partial charge in [0.1, 0.15) is 5.69 Å². The number of nitrogens with zero attached hydrogens (tertiary/aromatic N) is 1. The highest BCUT2D eigenvalue weighted by atomic mass is 16.6. The Bertz CT molecular complexity index is 691. The minimum atomic E-state index is -1.65. The van der Waals surface area contributed by atoms with Crippen molar-refractivity contribution in [2.75, 3.05) is 0 Å². The van der Waals surface area contributed by atoms with Gasteiger partial charge in [0, 0.05) is 5.92 Å². The van der Waals surface area contributed by atoms with Crippen LogP contribution in [-0.2, 0) is 16.8 Å². The van der Waals surface area contributed by atoms with Gasteiger partial charge in [-0.3, -0.25) is 0 Å². The molecule has 1 atom stereocenters. The molecule has 1 saturated carbocycles. The minimum Gasteiger partial charge on any atom is -0.419 e. The number of carbonyl (C=O) groups is 1. The summed E-state index contributed by atoms with van der Waals surface area (Å²) in [5.74, 6) is -0.527. The lowest BCUT2D eigenvalue weighted by molar-refractivity contribution is -0.163. The fraction of sp³-hybridized carbons (Fsp3) is 0.450. The lowest BCUT2D eigenvalue weighted by Crippen LogP contribution is -2.45. The zero-order valence-corrected chi connectivity index (χ0v) is 14.3. The summed E-state index contributed by atoms with van der Waals surface area (Å²) in [5, 5.41) is 15.3. The van der Waals surface area contributed by atoms with Gasteiger partial charge in [0.15, 0.2) is 17.6 Å². The number of aromatic nitrogens is 1. The minimum absolute atomic E-state index is 0.148. The van der Waals surface area contributed by atoms with E-state index >= 15 is 0 Å². The Morgan fingerprint density at radius 2 is 2.04 bits per heavy atom. The summed E-state index contributed by atoms with van der Waals surface area (Å²) < 4.78 is 10.5. The average Bonchev–Trinajstić information content (AvgIpc) is 3.32. The molecule has 1 aromatic carbocycles. The normalized spacial score (nSPS) is 17.4. The van der Waals surface area contributed by atoms with Gasteiger partial charge in [0.2, 0.25) is 0 Å². The Morgan fingerprint density at radius 3 is 2.72 bits per heavy atom. The summed E-state index contributed by atoms with van der Waals surface area (Å²) in [5.41, 5.74) is -0.500. The second-order valence-corrected chi connectivity index (χ2v) is 6.59. The molecule has 1 N–H and O–H groups in total. The highest BCUT2D eigenvalue weighted by molar-refractivity contribution is 5.83. The van der Waals surface area contributed by atoms with Crippen LogP contribution in [0, 0.1) is 12.8 Å². The molecule has 0 bridgehead atoms. The number of hydrogen-bond donors (Lipinski definition) is 1. The van der Waals surface area contributed by atoms with Crippen molar-refractivity contribution in [2.24, 2.45) is 5.92 Å². The Balaban J connectivity index is 1.86. The molecule has 3 rings (SSSR count). The molecule has 1 aliphatic carbocycles. The zero-order chi connectivity index (χ0) is 17.7. The fourth-order valence-electron chi connectivity index (χ4n) is 3.53. The monoisotopic (exact) mass is 342 g/mol. The zero-order valence-electron chi connectivity index (χ0n) is 14.3. The molecule has 0 amide bonds. The second kappa shape index (κ2) is 7.83. The molecular formula is C20H24NO4. The maximum absolute atomic E-state index is 13.0. The maximum atomic E-state index is 13.0. The summed E-state index contributed by atoms with van der Waals surface area (Å²) in [4.78, 5) is 13.0. The van der Waals surface area contributed by atoms with Gasteiger partial charge in [-0.15, -0.1) is 0 Å². The third-order valence-electron chi connectivity index (χ3n) is 4.94. The maximum Gasteiger partial charge on any atom is 0.348 e. The predicted octanol–water partition coefficient (Wildman–Crippen LogP) is 3.81. The largest absolute Gasteiger partial charge is 0.419 e. The van der Waals surface area contributed by atoms with Gasteiger partial charge in [-0.2, -0.15) is 0 Å². The van der Waals surface area contributed by atoms with Crippen LogP contribution in [0.2, 0.25) is 0 Å². The third-order valence-corrected chi connectivity index (χ3v) is 4.94. The lowest BCUT2D eigenvalue weighted by atomic mass is 9.80. The number of benzene rings is 1. The van der Waals surface area contributed by atoms with Crippen LogP contribution < -0.4 is 4.74 Å². The Hall–Kier alpha value is -2.14. The van der Waals surface area contributed by atoms with Gasteiger partial charge in [-0.05, 0) is 31.2 Å². The number of aliphatic hydroxyl groups is 1. The van der Waals surface area contributed by atoms with Crippen molar-refractivity contribution in [1.82, 2.24) is 5.16 Å². The van der Waals surface area contributed by atoms with E-state index in [1.54, 1.807) is 12.1 Å². The molecule has 1 aliphatic rings. The highest BCUT2D eigenvalue weighted by Crippen LogP contribution is 2.41. The van der Waals surface area contributed by atoms with Crippen LogP contribution in [-0.4, -0.2) is 16.2 Å². The van der Waals surface area contributed by atoms with Crippen molar-refractivity contribution in [3.63, 3.8) is 0 Å². The van der Waals surface area contributed by atoms with Crippen LogP contribution in [0.3, 0.4) is 0 Å². The van der Waals surface area contributed by atoms with Gasteiger partial charge in [0.25, 0.3) is 0 Å². The Labute approximate surface area is 148 Å². The van der Waals surface area contributed by atoms with E-state index < -0.39 is 11.6 Å². The van der Waals surface area contributed by atoms with Crippen LogP contribution in [0.15, 0.2) is 41.1 Å². The first-order valence-corrected chi connectivity index (χ1v) is 8.89. The average molecular weight is 342 g/mol. The SMILES string of the molecule is [CH2]CCCc1nocc1OC(=O)C(O)(c1ccccc1)C1CCCC1. The van der Waals surface area contributed by atoms with Crippen LogP contribution in [0.1, 0.15) is 49.8 Å². The van der Waals surface area contributed by atoms with E-state index in [1.807, 2.05) is 18.2 Å². The first-order valence-electron chi connectivity index (χ1n) is 8.89. The molecule has 25 heavy (non-hydrogen) atoms. The summed E-state index contributed by atoms with van der Waals surface area (Å²) in [6.07, 6.45) is 7.15. The second-order valence-electron chi connectivity index (χ2n) is 6.59. The van der Waals surface area contributed by atoms with E-state index in [-0.39, 0.29) is 11.7 Å². The van der Waals surface area contributed by atoms with Crippen molar-refractivity contribution in [3.05, 3.63) is 54.8 Å². The van der Waals surface area contributed by atoms with Crippen LogP contribution in [0.4, 0.5) is 0 Å². The standard InChI is InChI=1S/C20H24NO4/c1-2-3-13-17-18(14-24-21-17)25-19(22)20(23,16-11-7-8-12-16)15-9-5-4-6-10-15/h4-6,9-10,14,16,23H,1-3,7-8,11-13H2. The smallest absolute Gasteiger partial charge is 0.348 e. The number of esters is 1. The van der Waals surface area contributed by atoms with Gasteiger partial charge in [-0.25, -0.2) is 4.79 Å². The van der Waals surface area contributed by atoms with Crippen molar-refractivity contribution in [1.29, 1.82) is 0 Å². The summed E-state index contributed by atoms with van der Waals surface area (Å²) >= 11 is 0. The molecule has 2 aromatic rings. The van der Waals surface area contributed by atoms with E-state index in [4.69, 9.17) is 9.26 Å². The topological polar surface area (TPSA) is 72.6 Å². The van der Waals surface area contributed by atoms with Gasteiger partial charge < -0.3 is 14.4 Å². The number of ether oxygens (including phenoxy) is 1. The number of rotatable bonds is 7. The molecule has 133 valence electrons. The predicted molar refractivity (Wildman–Crippen MR) is 92.7 cm³/mol. The molecule has 1 aromatic heterocycles. The van der Waals surface area contributed by atoms with E-state index in [1.165, 1.54) is 6.26 Å². The molecule has 1 radical (unpaired) electrons. The fourth-order valence-corrected chi connectivity index (χ4v) is 3.53. The lowest BCUT2D eigenvalue weighted by Gasteiger charge is -2.31. The molecule has 0 aliphatic heterocycles. The van der Waals surface area contributed by atoms with E-state index in [0.717, 1.165) is 38.5 Å². The number of aryl methyl sites for hydroxylation is 1. The molecule has 1 unspecified atom stereocenters. The van der Waals surface area contributed by atoms with Crippen LogP contribution in [0.5, 0.6) is 5.75 Å². The first kappa shape index (κ1) is 17.7. The van der Waals surface area contributed by atoms with Crippen molar-refractivity contribution in [3.8, 4) is 5.75 Å². The summed E-state index contributed by atoms with van der Waals surface area (Å²) in [6.45, 7) is 3.80. The molecule has 1 fully saturated rings. The quantitative estimate of drug-likeness (QED) is 0.775. The van der Waals surface area contributed by atoms with Crippen molar-refractivity contribution < 1.29 is 19.2 Å². The van der Waals surface area contributed by atoms with E-state index in [2.05, 4.69) is 12.1 Å². The number of hydrogen-bond acceptors (Lipinski definition) is 5. The van der Waals surface area contributed by atoms with Gasteiger partial charge in [0.05, 0.1) is 0 Å². The van der Waals surface area contributed by atoms with Gasteiger partial charge in [-0.1, -0.05) is 61.7 Å². The Kier molecular flexibility index (Phi) is 5.53. The molecule has 5 nitrogen and oxygen atoms in total. The van der Waals surface area contributed by atoms with Crippen molar-refractivity contribution in [2.45, 2.75) is 50.5 Å². The molecule has 0 spiro atoms. The van der Waals surface area contributed by atoms with Crippen molar-refractivity contribution >= 4 is 5.97 Å². The van der Waals surface area contributed by atoms with E-state index in [0.29, 0.717) is 17.7 Å². The Morgan fingerprint density at radius 1 is 1.32 bits per heavy atom. The van der Waals surface area contributed by atoms with Gasteiger partial charge >= 0.3 is 5.97 Å². The van der Waals surface area contributed by atoms with E-state index in [9.17, 15) is 9.90 Å². The summed E-state index contributed by atoms with van der Waals surface area (Å²) in [7, 11) is 0. The molecule has 1 heterocycles. The van der Waals surface area contributed by atoms with Crippen LogP contribution >= 0.6 is 0 Å².